The average molecular weight is 504 g/mol. The van der Waals surface area contributed by atoms with Gasteiger partial charge in [0.2, 0.25) is 5.91 Å². The summed E-state index contributed by atoms with van der Waals surface area (Å²) < 4.78 is 22.3. The number of imide groups is 1. The van der Waals surface area contributed by atoms with E-state index in [1.807, 2.05) is 13.8 Å². The van der Waals surface area contributed by atoms with Crippen LogP contribution >= 0.6 is 15.9 Å². The molecule has 9 nitrogen and oxygen atoms in total. The maximum Gasteiger partial charge on any atom is 0.416 e. The van der Waals surface area contributed by atoms with Crippen molar-refractivity contribution in [3.05, 3.63) is 22.1 Å². The van der Waals surface area contributed by atoms with Gasteiger partial charge >= 0.3 is 12.1 Å². The Kier molecular flexibility index (Phi) is 9.52. The second-order valence-corrected chi connectivity index (χ2v) is 8.63. The molecule has 2 heterocycles. The average Bonchev–Trinajstić information content (AvgIpc) is 3.27. The molecule has 0 aliphatic carbocycles. The Balaban J connectivity index is 2.19. The molecule has 1 fully saturated rings. The lowest BCUT2D eigenvalue weighted by molar-refractivity contribution is -0.155. The summed E-state index contributed by atoms with van der Waals surface area (Å²) in [6.45, 7) is 7.49. The molecule has 1 aromatic heterocycles. The maximum atomic E-state index is 13.2. The number of halogens is 1. The number of cyclic esters (lactones) is 1. The Hall–Kier alpha value is -1.91. The standard InChI is InChI=1S/C21H30BrNO8/c1-12(2)16-11-29-21(27)23(16)20(26)13(3)19(30-14(4)25)18-10-15(22)17(31-18)6-5-8-28-9-7-24/h10,12-13,16,19,24H,5-9,11H2,1-4H3. The van der Waals surface area contributed by atoms with Crippen LogP contribution in [0.25, 0.3) is 0 Å². The van der Waals surface area contributed by atoms with Gasteiger partial charge in [-0.15, -0.1) is 0 Å². The highest BCUT2D eigenvalue weighted by atomic mass is 79.9. The van der Waals surface area contributed by atoms with Crippen molar-refractivity contribution in [3.8, 4) is 0 Å². The van der Waals surface area contributed by atoms with Crippen molar-refractivity contribution < 1.29 is 38.1 Å². The third-order valence-corrected chi connectivity index (χ3v) is 5.71. The summed E-state index contributed by atoms with van der Waals surface area (Å²) in [5, 5.41) is 8.75. The van der Waals surface area contributed by atoms with E-state index < -0.39 is 30.0 Å². The lowest BCUT2D eigenvalue weighted by Gasteiger charge is -2.28. The van der Waals surface area contributed by atoms with E-state index in [1.165, 1.54) is 6.92 Å². The highest BCUT2D eigenvalue weighted by Crippen LogP contribution is 2.35. The molecule has 0 aromatic carbocycles. The zero-order valence-corrected chi connectivity index (χ0v) is 19.8. The zero-order chi connectivity index (χ0) is 23.1. The van der Waals surface area contributed by atoms with Gasteiger partial charge in [-0.05, 0) is 41.3 Å². The minimum atomic E-state index is -0.998. The number of ether oxygens (including phenoxy) is 3. The van der Waals surface area contributed by atoms with Crippen molar-refractivity contribution >= 4 is 33.9 Å². The fourth-order valence-electron chi connectivity index (χ4n) is 3.35. The fourth-order valence-corrected chi connectivity index (χ4v) is 3.86. The van der Waals surface area contributed by atoms with E-state index in [0.29, 0.717) is 35.4 Å². The molecule has 0 spiro atoms. The molecule has 2 rings (SSSR count). The molecule has 10 heteroatoms. The normalized spacial score (nSPS) is 18.2. The van der Waals surface area contributed by atoms with Gasteiger partial charge in [-0.1, -0.05) is 13.8 Å². The van der Waals surface area contributed by atoms with Crippen LogP contribution in [0.5, 0.6) is 0 Å². The molecule has 0 saturated carbocycles. The van der Waals surface area contributed by atoms with Gasteiger partial charge in [-0.3, -0.25) is 9.59 Å². The molecule has 3 atom stereocenters. The van der Waals surface area contributed by atoms with Gasteiger partial charge in [0, 0.05) is 20.0 Å². The topological polar surface area (TPSA) is 116 Å². The summed E-state index contributed by atoms with van der Waals surface area (Å²) in [6, 6.07) is 1.29. The van der Waals surface area contributed by atoms with Crippen molar-refractivity contribution in [3.63, 3.8) is 0 Å². The minimum absolute atomic E-state index is 0.0205. The van der Waals surface area contributed by atoms with E-state index in [4.69, 9.17) is 23.7 Å². The highest BCUT2D eigenvalue weighted by Gasteiger charge is 2.44. The van der Waals surface area contributed by atoms with Crippen LogP contribution in [0.2, 0.25) is 0 Å². The molecule has 1 aliphatic rings. The third kappa shape index (κ3) is 6.54. The maximum absolute atomic E-state index is 13.2. The molecule has 1 N–H and O–H groups in total. The Morgan fingerprint density at radius 3 is 2.65 bits per heavy atom. The van der Waals surface area contributed by atoms with Gasteiger partial charge in [0.25, 0.3) is 0 Å². The van der Waals surface area contributed by atoms with E-state index in [-0.39, 0.29) is 31.8 Å². The smallest absolute Gasteiger partial charge is 0.416 e. The Morgan fingerprint density at radius 1 is 1.32 bits per heavy atom. The fraction of sp³-hybridized carbons (Fsp3) is 0.667. The number of aliphatic hydroxyl groups is 1. The minimum Gasteiger partial charge on any atom is -0.461 e. The highest BCUT2D eigenvalue weighted by molar-refractivity contribution is 9.10. The number of hydrogen-bond donors (Lipinski definition) is 1. The number of carbonyl (C=O) groups excluding carboxylic acids is 3. The molecule has 0 bridgehead atoms. The van der Waals surface area contributed by atoms with E-state index in [2.05, 4.69) is 15.9 Å². The first-order valence-corrected chi connectivity index (χ1v) is 11.1. The molecule has 2 amide bonds. The van der Waals surface area contributed by atoms with Gasteiger partial charge in [0.15, 0.2) is 6.10 Å². The molecule has 31 heavy (non-hydrogen) atoms. The quantitative estimate of drug-likeness (QED) is 0.361. The van der Waals surface area contributed by atoms with Crippen molar-refractivity contribution in [2.45, 2.75) is 52.7 Å². The summed E-state index contributed by atoms with van der Waals surface area (Å²) in [6.07, 6.45) is -0.480. The molecule has 1 aromatic rings. The van der Waals surface area contributed by atoms with Crippen LogP contribution in [0.15, 0.2) is 15.0 Å². The SMILES string of the molecule is CC(=O)OC(c1cc(Br)c(CCCOCCO)o1)C(C)C(=O)N1C(=O)OCC1C(C)C. The summed E-state index contributed by atoms with van der Waals surface area (Å²) >= 11 is 3.44. The van der Waals surface area contributed by atoms with Crippen LogP contribution in [-0.2, 0) is 30.2 Å². The summed E-state index contributed by atoms with van der Waals surface area (Å²) in [5.74, 6) is -0.968. The predicted molar refractivity (Wildman–Crippen MR) is 113 cm³/mol. The van der Waals surface area contributed by atoms with E-state index >= 15 is 0 Å². The first-order chi connectivity index (χ1) is 14.7. The first kappa shape index (κ1) is 25.4. The number of nitrogens with zero attached hydrogens (tertiary/aromatic N) is 1. The van der Waals surface area contributed by atoms with Crippen LogP contribution in [0.4, 0.5) is 4.79 Å². The predicted octanol–water partition coefficient (Wildman–Crippen LogP) is 3.23. The Morgan fingerprint density at radius 2 is 2.03 bits per heavy atom. The van der Waals surface area contributed by atoms with Gasteiger partial charge in [0.05, 0.1) is 29.6 Å². The number of amides is 2. The lowest BCUT2D eigenvalue weighted by atomic mass is 9.98. The van der Waals surface area contributed by atoms with Crippen LogP contribution < -0.4 is 0 Å². The number of furan rings is 1. The van der Waals surface area contributed by atoms with E-state index in [0.717, 1.165) is 4.90 Å². The molecule has 3 unspecified atom stereocenters. The van der Waals surface area contributed by atoms with Crippen LogP contribution in [-0.4, -0.2) is 60.4 Å². The molecule has 174 valence electrons. The molecule has 1 aliphatic heterocycles. The van der Waals surface area contributed by atoms with Gasteiger partial charge in [0.1, 0.15) is 18.1 Å². The van der Waals surface area contributed by atoms with Crippen LogP contribution in [0.3, 0.4) is 0 Å². The molecular formula is C21H30BrNO8. The number of hydrogen-bond acceptors (Lipinski definition) is 8. The van der Waals surface area contributed by atoms with Crippen LogP contribution in [0.1, 0.15) is 51.7 Å². The van der Waals surface area contributed by atoms with Crippen molar-refractivity contribution in [1.82, 2.24) is 4.90 Å². The van der Waals surface area contributed by atoms with Gasteiger partial charge in [-0.2, -0.15) is 0 Å². The van der Waals surface area contributed by atoms with E-state index in [9.17, 15) is 14.4 Å². The molecule has 0 radical (unpaired) electrons. The second kappa shape index (κ2) is 11.6. The molecular weight excluding hydrogens is 474 g/mol. The monoisotopic (exact) mass is 503 g/mol. The first-order valence-electron chi connectivity index (χ1n) is 10.3. The number of carbonyl (C=O) groups is 3. The van der Waals surface area contributed by atoms with Crippen molar-refractivity contribution in [2.75, 3.05) is 26.4 Å². The van der Waals surface area contributed by atoms with E-state index in [1.54, 1.807) is 13.0 Å². The summed E-state index contributed by atoms with van der Waals surface area (Å²) in [7, 11) is 0. The van der Waals surface area contributed by atoms with Crippen molar-refractivity contribution in [2.24, 2.45) is 11.8 Å². The summed E-state index contributed by atoms with van der Waals surface area (Å²) in [5.41, 5.74) is 0. The van der Waals surface area contributed by atoms with Gasteiger partial charge in [-0.25, -0.2) is 9.69 Å². The zero-order valence-electron chi connectivity index (χ0n) is 18.3. The van der Waals surface area contributed by atoms with Crippen molar-refractivity contribution in [1.29, 1.82) is 0 Å². The van der Waals surface area contributed by atoms with Gasteiger partial charge < -0.3 is 23.7 Å². The lowest BCUT2D eigenvalue weighted by Crippen LogP contribution is -2.45. The number of esters is 1. The Bertz CT molecular complexity index is 777. The summed E-state index contributed by atoms with van der Waals surface area (Å²) in [4.78, 5) is 38.2. The molecule has 1 saturated heterocycles. The second-order valence-electron chi connectivity index (χ2n) is 7.77. The number of aryl methyl sites for hydroxylation is 1. The van der Waals surface area contributed by atoms with Crippen LogP contribution in [0, 0.1) is 11.8 Å². The number of rotatable bonds is 11. The third-order valence-electron chi connectivity index (χ3n) is 5.03. The number of aliphatic hydroxyl groups excluding tert-OH is 1. The largest absolute Gasteiger partial charge is 0.461 e. The Labute approximate surface area is 190 Å².